The van der Waals surface area contributed by atoms with Gasteiger partial charge < -0.3 is 10.0 Å². The number of aromatic nitrogens is 4. The highest BCUT2D eigenvalue weighted by Crippen LogP contribution is 2.33. The summed E-state index contributed by atoms with van der Waals surface area (Å²) in [5.41, 5.74) is 3.58. The van der Waals surface area contributed by atoms with Crippen LogP contribution in [0.1, 0.15) is 32.3 Å². The highest BCUT2D eigenvalue weighted by molar-refractivity contribution is 8.00. The van der Waals surface area contributed by atoms with Gasteiger partial charge in [0.05, 0.1) is 30.1 Å². The second kappa shape index (κ2) is 9.21. The number of piperidine rings is 1. The van der Waals surface area contributed by atoms with Crippen LogP contribution in [0, 0.1) is 17.2 Å². The third-order valence-electron chi connectivity index (χ3n) is 5.49. The van der Waals surface area contributed by atoms with E-state index in [0.29, 0.717) is 16.7 Å². The lowest BCUT2D eigenvalue weighted by Crippen LogP contribution is -2.38. The molecule has 0 aromatic carbocycles. The first-order chi connectivity index (χ1) is 14.6. The summed E-state index contributed by atoms with van der Waals surface area (Å²) in [5, 5.41) is 28.1. The number of likely N-dealkylation sites (tertiary alicyclic amines) is 1. The first-order valence-electron chi connectivity index (χ1n) is 10.5. The Morgan fingerprint density at radius 3 is 2.90 bits per heavy atom. The molecule has 1 unspecified atom stereocenters. The number of hydrogen-bond donors (Lipinski definition) is 1. The Morgan fingerprint density at radius 1 is 1.27 bits per heavy atom. The van der Waals surface area contributed by atoms with E-state index in [1.54, 1.807) is 18.0 Å². The molecule has 1 saturated heterocycles. The standard InChI is InChI=1S/C22H28N6OS/c1-16(2)30-21-8-18(15-28-22(21)19(9-23)10-25-28)20-11-24-27(14-20)13-17-4-3-5-26(12-17)6-7-29/h8,10-11,14-17,29H,3-7,12-13H2,1-2H3. The normalized spacial score (nSPS) is 17.6. The van der Waals surface area contributed by atoms with Crippen LogP contribution in [0.25, 0.3) is 16.6 Å². The van der Waals surface area contributed by atoms with Crippen LogP contribution in [0.4, 0.5) is 0 Å². The molecule has 7 nitrogen and oxygen atoms in total. The summed E-state index contributed by atoms with van der Waals surface area (Å²) in [4.78, 5) is 3.41. The molecule has 30 heavy (non-hydrogen) atoms. The molecule has 0 spiro atoms. The third-order valence-corrected chi connectivity index (χ3v) is 6.53. The van der Waals surface area contributed by atoms with Crippen LogP contribution in [0.3, 0.4) is 0 Å². The van der Waals surface area contributed by atoms with Gasteiger partial charge in [0.15, 0.2) is 0 Å². The highest BCUT2D eigenvalue weighted by Gasteiger charge is 2.20. The molecule has 1 atom stereocenters. The molecule has 3 aromatic rings. The van der Waals surface area contributed by atoms with Gasteiger partial charge in [-0.15, -0.1) is 11.8 Å². The van der Waals surface area contributed by atoms with E-state index in [9.17, 15) is 10.4 Å². The smallest absolute Gasteiger partial charge is 0.103 e. The molecule has 4 heterocycles. The summed E-state index contributed by atoms with van der Waals surface area (Å²) < 4.78 is 3.84. The summed E-state index contributed by atoms with van der Waals surface area (Å²) in [6.07, 6.45) is 9.99. The monoisotopic (exact) mass is 424 g/mol. The van der Waals surface area contributed by atoms with Crippen LogP contribution in [0.2, 0.25) is 0 Å². The molecule has 0 radical (unpaired) electrons. The molecule has 1 N–H and O–H groups in total. The molecule has 1 aliphatic heterocycles. The number of nitrogens with zero attached hydrogens (tertiary/aromatic N) is 6. The Balaban J connectivity index is 1.58. The van der Waals surface area contributed by atoms with Crippen molar-refractivity contribution >= 4 is 17.3 Å². The Labute approximate surface area is 181 Å². The maximum absolute atomic E-state index is 9.44. The minimum atomic E-state index is 0.221. The van der Waals surface area contributed by atoms with Gasteiger partial charge in [-0.3, -0.25) is 4.68 Å². The van der Waals surface area contributed by atoms with Gasteiger partial charge in [0.2, 0.25) is 0 Å². The quantitative estimate of drug-likeness (QED) is 0.586. The molecule has 3 aromatic heterocycles. The Morgan fingerprint density at radius 2 is 2.13 bits per heavy atom. The number of fused-ring (bicyclic) bond motifs is 1. The van der Waals surface area contributed by atoms with Crippen LogP contribution >= 0.6 is 11.8 Å². The fourth-order valence-corrected chi connectivity index (χ4v) is 5.21. The summed E-state index contributed by atoms with van der Waals surface area (Å²) in [6.45, 7) is 8.26. The van der Waals surface area contributed by atoms with Gasteiger partial charge in [0, 0.05) is 53.3 Å². The number of nitriles is 1. The van der Waals surface area contributed by atoms with Gasteiger partial charge in [-0.1, -0.05) is 13.8 Å². The Bertz CT molecular complexity index is 1050. The SMILES string of the molecule is CC(C)Sc1cc(-c2cnn(CC3CCCN(CCO)C3)c2)cn2ncc(C#N)c12. The fourth-order valence-electron chi connectivity index (χ4n) is 4.19. The molecule has 0 saturated carbocycles. The van der Waals surface area contributed by atoms with Gasteiger partial charge in [-0.2, -0.15) is 15.5 Å². The van der Waals surface area contributed by atoms with E-state index in [1.807, 2.05) is 21.6 Å². The highest BCUT2D eigenvalue weighted by atomic mass is 32.2. The zero-order chi connectivity index (χ0) is 21.1. The van der Waals surface area contributed by atoms with E-state index < -0.39 is 0 Å². The van der Waals surface area contributed by atoms with Crippen molar-refractivity contribution in [2.45, 2.75) is 43.4 Å². The van der Waals surface area contributed by atoms with E-state index in [2.05, 4.69) is 47.3 Å². The van der Waals surface area contributed by atoms with Crippen molar-refractivity contribution < 1.29 is 5.11 Å². The van der Waals surface area contributed by atoms with Crippen molar-refractivity contribution in [3.05, 3.63) is 36.4 Å². The first kappa shape index (κ1) is 20.9. The summed E-state index contributed by atoms with van der Waals surface area (Å²) in [5.74, 6) is 0.553. The van der Waals surface area contributed by atoms with Crippen molar-refractivity contribution in [2.75, 3.05) is 26.2 Å². The number of rotatable bonds is 7. The number of thioether (sulfide) groups is 1. The molecule has 158 valence electrons. The average Bonchev–Trinajstić information content (AvgIpc) is 3.35. The minimum Gasteiger partial charge on any atom is -0.395 e. The first-order valence-corrected chi connectivity index (χ1v) is 11.4. The van der Waals surface area contributed by atoms with Crippen molar-refractivity contribution in [1.82, 2.24) is 24.3 Å². The van der Waals surface area contributed by atoms with Crippen molar-refractivity contribution in [3.63, 3.8) is 0 Å². The lowest BCUT2D eigenvalue weighted by Gasteiger charge is -2.32. The lowest BCUT2D eigenvalue weighted by atomic mass is 9.98. The molecular formula is C22H28N6OS. The van der Waals surface area contributed by atoms with Crippen LogP contribution in [0.5, 0.6) is 0 Å². The van der Waals surface area contributed by atoms with E-state index in [0.717, 1.165) is 47.7 Å². The average molecular weight is 425 g/mol. The molecule has 4 rings (SSSR count). The van der Waals surface area contributed by atoms with Gasteiger partial charge in [0.1, 0.15) is 6.07 Å². The van der Waals surface area contributed by atoms with Crippen LogP contribution in [0.15, 0.2) is 35.7 Å². The maximum Gasteiger partial charge on any atom is 0.103 e. The molecule has 0 bridgehead atoms. The molecule has 0 amide bonds. The Hall–Kier alpha value is -2.34. The van der Waals surface area contributed by atoms with E-state index in [-0.39, 0.29) is 6.61 Å². The second-order valence-corrected chi connectivity index (χ2v) is 9.82. The van der Waals surface area contributed by atoms with Gasteiger partial charge in [-0.05, 0) is 31.4 Å². The predicted octanol–water partition coefficient (Wildman–Crippen LogP) is 3.27. The van der Waals surface area contributed by atoms with Crippen molar-refractivity contribution in [1.29, 1.82) is 5.26 Å². The van der Waals surface area contributed by atoms with Gasteiger partial charge in [-0.25, -0.2) is 4.52 Å². The summed E-state index contributed by atoms with van der Waals surface area (Å²) >= 11 is 1.75. The second-order valence-electron chi connectivity index (χ2n) is 8.21. The molecule has 1 aliphatic rings. The number of β-amino-alcohol motifs (C(OH)–C–C–N with tert-alkyl or cyclic N) is 1. The van der Waals surface area contributed by atoms with E-state index >= 15 is 0 Å². The largest absolute Gasteiger partial charge is 0.395 e. The van der Waals surface area contributed by atoms with E-state index in [1.165, 1.54) is 12.8 Å². The molecule has 8 heteroatoms. The summed E-state index contributed by atoms with van der Waals surface area (Å²) in [7, 11) is 0. The lowest BCUT2D eigenvalue weighted by molar-refractivity contribution is 0.130. The van der Waals surface area contributed by atoms with Gasteiger partial charge in [0.25, 0.3) is 0 Å². The maximum atomic E-state index is 9.44. The number of aliphatic hydroxyl groups is 1. The molecule has 1 fully saturated rings. The third kappa shape index (κ3) is 4.53. The number of pyridine rings is 1. The van der Waals surface area contributed by atoms with Crippen LogP contribution in [-0.4, -0.2) is 60.9 Å². The minimum absolute atomic E-state index is 0.221. The van der Waals surface area contributed by atoms with Gasteiger partial charge >= 0.3 is 0 Å². The molecular weight excluding hydrogens is 396 g/mol. The zero-order valence-corrected chi connectivity index (χ0v) is 18.3. The van der Waals surface area contributed by atoms with E-state index in [4.69, 9.17) is 0 Å². The van der Waals surface area contributed by atoms with Crippen molar-refractivity contribution in [2.24, 2.45) is 5.92 Å². The topological polar surface area (TPSA) is 82.4 Å². The van der Waals surface area contributed by atoms with Crippen molar-refractivity contribution in [3.8, 4) is 17.2 Å². The number of hydrogen-bond acceptors (Lipinski definition) is 6. The fraction of sp³-hybridized carbons (Fsp3) is 0.500. The van der Waals surface area contributed by atoms with Crippen LogP contribution in [-0.2, 0) is 6.54 Å². The molecule has 0 aliphatic carbocycles. The van der Waals surface area contributed by atoms with Crippen LogP contribution < -0.4 is 0 Å². The zero-order valence-electron chi connectivity index (χ0n) is 17.5. The Kier molecular flexibility index (Phi) is 6.42. The summed E-state index contributed by atoms with van der Waals surface area (Å²) in [6, 6.07) is 4.40. The predicted molar refractivity (Wildman–Crippen MR) is 118 cm³/mol. The number of aliphatic hydroxyl groups excluding tert-OH is 1.